The normalized spacial score (nSPS) is 47.8. The number of aliphatic hydroxyl groups excluding tert-OH is 3. The van der Waals surface area contributed by atoms with Crippen LogP contribution in [0.2, 0.25) is 0 Å². The third-order valence-corrected chi connectivity index (χ3v) is 10.6. The monoisotopic (exact) mass is 418 g/mol. The van der Waals surface area contributed by atoms with Gasteiger partial charge in [-0.15, -0.1) is 0 Å². The first kappa shape index (κ1) is 22.8. The molecular formula is C27H46O3. The van der Waals surface area contributed by atoms with Gasteiger partial charge in [0.1, 0.15) is 0 Å². The van der Waals surface area contributed by atoms with E-state index in [0.29, 0.717) is 40.9 Å². The van der Waals surface area contributed by atoms with Crippen LogP contribution < -0.4 is 0 Å². The lowest BCUT2D eigenvalue weighted by Crippen LogP contribution is -2.55. The Morgan fingerprint density at radius 2 is 1.70 bits per heavy atom. The molecule has 0 spiro atoms. The zero-order chi connectivity index (χ0) is 21.8. The Labute approximate surface area is 184 Å². The SMILES string of the molecule is CC(C)C(O)CCC(C)[C@H]1CC[C@H]2[C@@H]3[C@H](O)C=C4C[C@@H](O)CC[C@]4(C)[C@H]3CC[C@]12C. The van der Waals surface area contributed by atoms with Crippen LogP contribution in [0.3, 0.4) is 0 Å². The minimum Gasteiger partial charge on any atom is -0.393 e. The molecule has 0 aromatic rings. The summed E-state index contributed by atoms with van der Waals surface area (Å²) in [6.07, 6.45) is 11.2. The van der Waals surface area contributed by atoms with E-state index in [-0.39, 0.29) is 23.7 Å². The third-order valence-electron chi connectivity index (χ3n) is 10.6. The van der Waals surface area contributed by atoms with Crippen LogP contribution in [0, 0.1) is 46.3 Å². The molecule has 172 valence electrons. The molecule has 0 amide bonds. The van der Waals surface area contributed by atoms with Gasteiger partial charge in [-0.3, -0.25) is 0 Å². The van der Waals surface area contributed by atoms with E-state index in [1.165, 1.54) is 31.3 Å². The van der Waals surface area contributed by atoms with Crippen molar-refractivity contribution in [2.24, 2.45) is 46.3 Å². The van der Waals surface area contributed by atoms with Crippen LogP contribution in [0.15, 0.2) is 11.6 Å². The molecule has 3 N–H and O–H groups in total. The van der Waals surface area contributed by atoms with E-state index in [9.17, 15) is 15.3 Å². The fraction of sp³-hybridized carbons (Fsp3) is 0.926. The van der Waals surface area contributed by atoms with Gasteiger partial charge in [0, 0.05) is 0 Å². The van der Waals surface area contributed by atoms with E-state index in [1.807, 2.05) is 0 Å². The standard InChI is InChI=1S/C27H46O3/c1-16(2)23(29)9-6-17(3)20-7-8-21-25-22(11-13-27(20,21)5)26(4)12-10-19(28)14-18(26)15-24(25)30/h15-17,19-25,28-30H,6-14H2,1-5H3/t17?,19-,20+,21-,22-,23?,24+,25-,26-,27+/m0/s1. The molecule has 0 aliphatic heterocycles. The smallest absolute Gasteiger partial charge is 0.0757 e. The molecule has 0 saturated heterocycles. The van der Waals surface area contributed by atoms with Crippen molar-refractivity contribution in [3.8, 4) is 0 Å². The summed E-state index contributed by atoms with van der Waals surface area (Å²) in [5.41, 5.74) is 1.83. The van der Waals surface area contributed by atoms with Gasteiger partial charge in [0.25, 0.3) is 0 Å². The average molecular weight is 419 g/mol. The number of rotatable bonds is 5. The van der Waals surface area contributed by atoms with Gasteiger partial charge in [-0.1, -0.05) is 46.3 Å². The number of hydrogen-bond donors (Lipinski definition) is 3. The lowest BCUT2D eigenvalue weighted by Gasteiger charge is -2.59. The van der Waals surface area contributed by atoms with Crippen LogP contribution in [0.25, 0.3) is 0 Å². The Bertz CT molecular complexity index is 656. The van der Waals surface area contributed by atoms with Gasteiger partial charge in [-0.2, -0.15) is 0 Å². The highest BCUT2D eigenvalue weighted by atomic mass is 16.3. The van der Waals surface area contributed by atoms with E-state index in [2.05, 4.69) is 40.7 Å². The van der Waals surface area contributed by atoms with Crippen LogP contribution >= 0.6 is 0 Å². The molecule has 0 heterocycles. The van der Waals surface area contributed by atoms with Crippen molar-refractivity contribution in [2.75, 3.05) is 0 Å². The molecule has 0 radical (unpaired) electrons. The zero-order valence-corrected chi connectivity index (χ0v) is 20.0. The molecule has 4 rings (SSSR count). The minimum atomic E-state index is -0.343. The summed E-state index contributed by atoms with van der Waals surface area (Å²) in [4.78, 5) is 0. The molecule has 0 aromatic heterocycles. The molecule has 3 heteroatoms. The summed E-state index contributed by atoms with van der Waals surface area (Å²) in [5.74, 6) is 3.24. The van der Waals surface area contributed by atoms with Gasteiger partial charge in [-0.05, 0) is 104 Å². The summed E-state index contributed by atoms with van der Waals surface area (Å²) >= 11 is 0. The second-order valence-electron chi connectivity index (χ2n) is 12.4. The molecule has 10 atom stereocenters. The van der Waals surface area contributed by atoms with E-state index >= 15 is 0 Å². The predicted molar refractivity (Wildman–Crippen MR) is 122 cm³/mol. The summed E-state index contributed by atoms with van der Waals surface area (Å²) in [5, 5.41) is 31.8. The van der Waals surface area contributed by atoms with Crippen molar-refractivity contribution < 1.29 is 15.3 Å². The Hall–Kier alpha value is -0.380. The van der Waals surface area contributed by atoms with Crippen molar-refractivity contribution in [2.45, 2.75) is 111 Å². The van der Waals surface area contributed by atoms with Crippen LogP contribution in [0.1, 0.15) is 92.4 Å². The first-order chi connectivity index (χ1) is 14.1. The van der Waals surface area contributed by atoms with E-state index in [4.69, 9.17) is 0 Å². The van der Waals surface area contributed by atoms with Crippen LogP contribution in [-0.4, -0.2) is 33.6 Å². The maximum Gasteiger partial charge on any atom is 0.0757 e. The first-order valence-electron chi connectivity index (χ1n) is 12.8. The van der Waals surface area contributed by atoms with Crippen molar-refractivity contribution in [3.63, 3.8) is 0 Å². The highest BCUT2D eigenvalue weighted by Crippen LogP contribution is 2.67. The maximum atomic E-state index is 11.3. The molecule has 3 fully saturated rings. The molecule has 4 aliphatic rings. The zero-order valence-electron chi connectivity index (χ0n) is 20.0. The fourth-order valence-corrected chi connectivity index (χ4v) is 8.57. The van der Waals surface area contributed by atoms with Gasteiger partial charge in [0.05, 0.1) is 18.3 Å². The highest BCUT2D eigenvalue weighted by molar-refractivity contribution is 5.27. The van der Waals surface area contributed by atoms with Gasteiger partial charge in [-0.25, -0.2) is 0 Å². The van der Waals surface area contributed by atoms with E-state index < -0.39 is 0 Å². The average Bonchev–Trinajstić information content (AvgIpc) is 3.04. The fourth-order valence-electron chi connectivity index (χ4n) is 8.57. The van der Waals surface area contributed by atoms with E-state index in [1.54, 1.807) is 0 Å². The van der Waals surface area contributed by atoms with Gasteiger partial charge in [0.15, 0.2) is 0 Å². The number of aliphatic hydroxyl groups is 3. The number of fused-ring (bicyclic) bond motifs is 5. The Morgan fingerprint density at radius 3 is 2.40 bits per heavy atom. The molecule has 30 heavy (non-hydrogen) atoms. The van der Waals surface area contributed by atoms with Gasteiger partial charge >= 0.3 is 0 Å². The maximum absolute atomic E-state index is 11.3. The molecule has 3 nitrogen and oxygen atoms in total. The van der Waals surface area contributed by atoms with Crippen molar-refractivity contribution in [1.82, 2.24) is 0 Å². The largest absolute Gasteiger partial charge is 0.393 e. The topological polar surface area (TPSA) is 60.7 Å². The molecule has 0 bridgehead atoms. The van der Waals surface area contributed by atoms with E-state index in [0.717, 1.165) is 32.1 Å². The second kappa shape index (κ2) is 8.19. The Kier molecular flexibility index (Phi) is 6.23. The molecule has 4 aliphatic carbocycles. The van der Waals surface area contributed by atoms with Gasteiger partial charge in [0.2, 0.25) is 0 Å². The van der Waals surface area contributed by atoms with Crippen LogP contribution in [-0.2, 0) is 0 Å². The third kappa shape index (κ3) is 3.61. The lowest BCUT2D eigenvalue weighted by molar-refractivity contribution is -0.0973. The van der Waals surface area contributed by atoms with Crippen LogP contribution in [0.5, 0.6) is 0 Å². The molecule has 3 saturated carbocycles. The van der Waals surface area contributed by atoms with Crippen molar-refractivity contribution in [3.05, 3.63) is 11.6 Å². The molecular weight excluding hydrogens is 372 g/mol. The van der Waals surface area contributed by atoms with Crippen LogP contribution in [0.4, 0.5) is 0 Å². The van der Waals surface area contributed by atoms with Gasteiger partial charge < -0.3 is 15.3 Å². The van der Waals surface area contributed by atoms with Crippen molar-refractivity contribution >= 4 is 0 Å². The Balaban J connectivity index is 1.53. The summed E-state index contributed by atoms with van der Waals surface area (Å²) in [6, 6.07) is 0. The minimum absolute atomic E-state index is 0.176. The quantitative estimate of drug-likeness (QED) is 0.529. The van der Waals surface area contributed by atoms with Crippen molar-refractivity contribution in [1.29, 1.82) is 0 Å². The Morgan fingerprint density at radius 1 is 0.967 bits per heavy atom. The second-order valence-corrected chi connectivity index (χ2v) is 12.4. The molecule has 2 unspecified atom stereocenters. The summed E-state index contributed by atoms with van der Waals surface area (Å²) < 4.78 is 0. The first-order valence-corrected chi connectivity index (χ1v) is 12.8. The summed E-state index contributed by atoms with van der Waals surface area (Å²) in [7, 11) is 0. The lowest BCUT2D eigenvalue weighted by atomic mass is 9.46. The highest BCUT2D eigenvalue weighted by Gasteiger charge is 2.61. The number of hydrogen-bond acceptors (Lipinski definition) is 3. The summed E-state index contributed by atoms with van der Waals surface area (Å²) in [6.45, 7) is 11.6. The predicted octanol–water partition coefficient (Wildman–Crippen LogP) is 5.33. The molecule has 0 aromatic carbocycles.